The topological polar surface area (TPSA) is 27.7 Å². The second-order valence-electron chi connectivity index (χ2n) is 2.91. The molecule has 0 aliphatic rings. The van der Waals surface area contributed by atoms with Gasteiger partial charge < -0.3 is 14.2 Å². The van der Waals surface area contributed by atoms with Crippen molar-refractivity contribution < 1.29 is 14.2 Å². The zero-order valence-corrected chi connectivity index (χ0v) is 13.6. The largest absolute Gasteiger partial charge is 0.486 e. The highest BCUT2D eigenvalue weighted by Crippen LogP contribution is 2.36. The average Bonchev–Trinajstić information content (AvgIpc) is 2.22. The first-order valence-electron chi connectivity index (χ1n) is 4.41. The fraction of sp³-hybridized carbons (Fsp3) is 0.400. The summed E-state index contributed by atoms with van der Waals surface area (Å²) in [5.41, 5.74) is 0. The van der Waals surface area contributed by atoms with E-state index in [0.29, 0.717) is 6.61 Å². The zero-order valence-electron chi connectivity index (χ0n) is 8.80. The summed E-state index contributed by atoms with van der Waals surface area (Å²) >= 11 is 10.2. The van der Waals surface area contributed by atoms with Crippen LogP contribution in [0.5, 0.6) is 5.75 Å². The Kier molecular flexibility index (Phi) is 6.28. The molecule has 0 aromatic heterocycles. The van der Waals surface area contributed by atoms with Crippen LogP contribution >= 0.6 is 47.8 Å². The molecule has 0 fully saturated rings. The van der Waals surface area contributed by atoms with Crippen LogP contribution in [0.1, 0.15) is 0 Å². The Balaban J connectivity index is 2.74. The minimum atomic E-state index is -0.373. The Morgan fingerprint density at radius 3 is 2.00 bits per heavy atom. The first-order chi connectivity index (χ1) is 7.58. The third-order valence-electron chi connectivity index (χ3n) is 1.85. The van der Waals surface area contributed by atoms with Crippen LogP contribution in [-0.2, 0) is 9.47 Å². The molecule has 0 saturated carbocycles. The monoisotopic (exact) mass is 416 g/mol. The molecule has 0 saturated heterocycles. The van der Waals surface area contributed by atoms with E-state index in [1.54, 1.807) is 14.2 Å². The molecule has 1 aromatic rings. The van der Waals surface area contributed by atoms with Crippen LogP contribution in [0.3, 0.4) is 0 Å². The molecule has 0 atom stereocenters. The van der Waals surface area contributed by atoms with E-state index in [0.717, 1.165) is 19.2 Å². The normalized spacial score (nSPS) is 10.9. The van der Waals surface area contributed by atoms with Gasteiger partial charge in [-0.2, -0.15) is 0 Å². The number of hydrogen-bond donors (Lipinski definition) is 0. The predicted octanol–water partition coefficient (Wildman–Crippen LogP) is 3.97. The molecule has 0 radical (unpaired) electrons. The van der Waals surface area contributed by atoms with Crippen LogP contribution in [0.4, 0.5) is 0 Å². The quantitative estimate of drug-likeness (QED) is 0.677. The second-order valence-corrected chi connectivity index (χ2v) is 5.53. The number of halogens is 3. The fourth-order valence-electron chi connectivity index (χ4n) is 1.05. The second kappa shape index (κ2) is 6.96. The lowest BCUT2D eigenvalue weighted by atomic mass is 10.3. The number of benzene rings is 1. The van der Waals surface area contributed by atoms with E-state index in [2.05, 4.69) is 47.8 Å². The molecule has 0 amide bonds. The van der Waals surface area contributed by atoms with Crippen LogP contribution in [0.2, 0.25) is 0 Å². The van der Waals surface area contributed by atoms with Crippen molar-refractivity contribution in [1.82, 2.24) is 0 Å². The molecule has 0 heterocycles. The molecule has 6 heteroatoms. The molecule has 0 aliphatic heterocycles. The third kappa shape index (κ3) is 4.00. The van der Waals surface area contributed by atoms with Gasteiger partial charge in [0.2, 0.25) is 0 Å². The molecule has 0 N–H and O–H groups in total. The summed E-state index contributed by atoms with van der Waals surface area (Å²) in [6.07, 6.45) is -0.373. The first-order valence-corrected chi connectivity index (χ1v) is 6.79. The van der Waals surface area contributed by atoms with Gasteiger partial charge >= 0.3 is 0 Å². The fourth-order valence-corrected chi connectivity index (χ4v) is 3.54. The lowest BCUT2D eigenvalue weighted by molar-refractivity contribution is -0.122. The van der Waals surface area contributed by atoms with Gasteiger partial charge in [-0.05, 0) is 44.0 Å². The predicted molar refractivity (Wildman–Crippen MR) is 72.8 cm³/mol. The van der Waals surface area contributed by atoms with Gasteiger partial charge in [-0.25, -0.2) is 0 Å². The molecule has 1 rings (SSSR count). The Labute approximate surface area is 120 Å². The Morgan fingerprint density at radius 1 is 1.06 bits per heavy atom. The van der Waals surface area contributed by atoms with Crippen molar-refractivity contribution in [1.29, 1.82) is 0 Å². The van der Waals surface area contributed by atoms with Gasteiger partial charge in [0.1, 0.15) is 12.4 Å². The molecule has 90 valence electrons. The minimum absolute atomic E-state index is 0.325. The van der Waals surface area contributed by atoms with Crippen LogP contribution < -0.4 is 4.74 Å². The third-order valence-corrected chi connectivity index (χ3v) is 3.49. The molecule has 0 spiro atoms. The van der Waals surface area contributed by atoms with Gasteiger partial charge in [-0.15, -0.1) is 0 Å². The van der Waals surface area contributed by atoms with E-state index in [4.69, 9.17) is 14.2 Å². The molecule has 0 bridgehead atoms. The van der Waals surface area contributed by atoms with E-state index in [1.807, 2.05) is 12.1 Å². The van der Waals surface area contributed by atoms with Crippen molar-refractivity contribution in [2.45, 2.75) is 6.29 Å². The van der Waals surface area contributed by atoms with E-state index < -0.39 is 0 Å². The summed E-state index contributed by atoms with van der Waals surface area (Å²) in [6.45, 7) is 0.325. The standard InChI is InChI=1S/C10H11Br3O3/c1-14-9(15-2)5-16-10-7(12)3-6(11)4-8(10)13/h3-4,9H,5H2,1-2H3. The maximum Gasteiger partial charge on any atom is 0.191 e. The van der Waals surface area contributed by atoms with E-state index in [1.165, 1.54) is 0 Å². The molecule has 1 aromatic carbocycles. The SMILES string of the molecule is COC(COc1c(Br)cc(Br)cc1Br)OC. The minimum Gasteiger partial charge on any atom is -0.486 e. The summed E-state index contributed by atoms with van der Waals surface area (Å²) in [6, 6.07) is 3.82. The molecule has 16 heavy (non-hydrogen) atoms. The van der Waals surface area contributed by atoms with Gasteiger partial charge in [0.05, 0.1) is 8.95 Å². The number of hydrogen-bond acceptors (Lipinski definition) is 3. The van der Waals surface area contributed by atoms with Crippen LogP contribution in [0.25, 0.3) is 0 Å². The molecule has 3 nitrogen and oxygen atoms in total. The van der Waals surface area contributed by atoms with Crippen molar-refractivity contribution in [3.63, 3.8) is 0 Å². The van der Waals surface area contributed by atoms with Crippen molar-refractivity contribution in [3.05, 3.63) is 25.6 Å². The highest BCUT2D eigenvalue weighted by molar-refractivity contribution is 9.11. The van der Waals surface area contributed by atoms with Crippen molar-refractivity contribution in [2.24, 2.45) is 0 Å². The van der Waals surface area contributed by atoms with Gasteiger partial charge in [-0.1, -0.05) is 15.9 Å². The zero-order chi connectivity index (χ0) is 12.1. The highest BCUT2D eigenvalue weighted by Gasteiger charge is 2.11. The summed E-state index contributed by atoms with van der Waals surface area (Å²) in [5.74, 6) is 0.724. The van der Waals surface area contributed by atoms with Crippen molar-refractivity contribution >= 4 is 47.8 Å². The molecular formula is C10H11Br3O3. The maximum atomic E-state index is 5.60. The van der Waals surface area contributed by atoms with Gasteiger partial charge in [0.15, 0.2) is 6.29 Å². The lowest BCUT2D eigenvalue weighted by Gasteiger charge is -2.16. The van der Waals surface area contributed by atoms with E-state index >= 15 is 0 Å². The Bertz CT molecular complexity index is 330. The maximum absolute atomic E-state index is 5.60. The Hall–Kier alpha value is 0.380. The van der Waals surface area contributed by atoms with E-state index in [9.17, 15) is 0 Å². The van der Waals surface area contributed by atoms with Gasteiger partial charge in [0, 0.05) is 18.7 Å². The first kappa shape index (κ1) is 14.4. The van der Waals surface area contributed by atoms with E-state index in [-0.39, 0.29) is 6.29 Å². The molecular weight excluding hydrogens is 408 g/mol. The molecule has 0 aliphatic carbocycles. The smallest absolute Gasteiger partial charge is 0.191 e. The average molecular weight is 419 g/mol. The van der Waals surface area contributed by atoms with Crippen LogP contribution in [-0.4, -0.2) is 27.1 Å². The number of ether oxygens (including phenoxy) is 3. The van der Waals surface area contributed by atoms with Gasteiger partial charge in [-0.3, -0.25) is 0 Å². The summed E-state index contributed by atoms with van der Waals surface area (Å²) < 4.78 is 18.4. The lowest BCUT2D eigenvalue weighted by Crippen LogP contribution is -2.22. The molecule has 0 unspecified atom stereocenters. The number of rotatable bonds is 5. The summed E-state index contributed by atoms with van der Waals surface area (Å²) in [7, 11) is 3.15. The van der Waals surface area contributed by atoms with Crippen molar-refractivity contribution in [2.75, 3.05) is 20.8 Å². The highest BCUT2D eigenvalue weighted by atomic mass is 79.9. The number of methoxy groups -OCH3 is 2. The van der Waals surface area contributed by atoms with Crippen molar-refractivity contribution in [3.8, 4) is 5.75 Å². The Morgan fingerprint density at radius 2 is 1.56 bits per heavy atom. The van der Waals surface area contributed by atoms with Crippen LogP contribution in [0.15, 0.2) is 25.6 Å². The van der Waals surface area contributed by atoms with Crippen LogP contribution in [0, 0.1) is 0 Å². The van der Waals surface area contributed by atoms with Gasteiger partial charge in [0.25, 0.3) is 0 Å². The summed E-state index contributed by atoms with van der Waals surface area (Å²) in [4.78, 5) is 0. The summed E-state index contributed by atoms with van der Waals surface area (Å²) in [5, 5.41) is 0.